The number of piperidine rings is 1. The third kappa shape index (κ3) is 3.20. The first-order valence-corrected chi connectivity index (χ1v) is 5.35. The number of amides is 2. The van der Waals surface area contributed by atoms with E-state index in [4.69, 9.17) is 5.73 Å². The number of carbonyl (C=O) groups excluding carboxylic acids is 2. The summed E-state index contributed by atoms with van der Waals surface area (Å²) >= 11 is 0. The summed E-state index contributed by atoms with van der Waals surface area (Å²) in [5.41, 5.74) is 5.08. The zero-order valence-corrected chi connectivity index (χ0v) is 9.25. The molecule has 1 aliphatic heterocycles. The molecule has 4 N–H and O–H groups in total. The molecule has 0 aromatic carbocycles. The van der Waals surface area contributed by atoms with Crippen molar-refractivity contribution in [2.24, 2.45) is 11.7 Å². The third-order valence-electron chi connectivity index (χ3n) is 2.88. The summed E-state index contributed by atoms with van der Waals surface area (Å²) < 4.78 is 0. The fraction of sp³-hybridized carbons (Fsp3) is 0.800. The second-order valence-corrected chi connectivity index (χ2v) is 4.12. The molecular formula is C10H19N3O2. The summed E-state index contributed by atoms with van der Waals surface area (Å²) in [6.45, 7) is 4.54. The van der Waals surface area contributed by atoms with Gasteiger partial charge in [-0.05, 0) is 33.2 Å². The number of nitrogens with two attached hydrogens (primary N) is 1. The van der Waals surface area contributed by atoms with Gasteiger partial charge in [-0.25, -0.2) is 0 Å². The molecule has 0 aromatic rings. The maximum atomic E-state index is 11.8. The minimum atomic E-state index is -0.591. The first-order valence-electron chi connectivity index (χ1n) is 5.35. The van der Waals surface area contributed by atoms with Crippen LogP contribution in [-0.4, -0.2) is 30.4 Å². The van der Waals surface area contributed by atoms with Crippen LogP contribution in [0.25, 0.3) is 0 Å². The number of primary amides is 1. The van der Waals surface area contributed by atoms with Crippen molar-refractivity contribution >= 4 is 11.8 Å². The fourth-order valence-corrected chi connectivity index (χ4v) is 1.79. The highest BCUT2D eigenvalue weighted by Gasteiger charge is 2.28. The Labute approximate surface area is 89.8 Å². The van der Waals surface area contributed by atoms with Crippen LogP contribution >= 0.6 is 0 Å². The fourth-order valence-electron chi connectivity index (χ4n) is 1.79. The molecule has 86 valence electrons. The lowest BCUT2D eigenvalue weighted by Crippen LogP contribution is -2.51. The van der Waals surface area contributed by atoms with E-state index in [2.05, 4.69) is 10.6 Å². The Morgan fingerprint density at radius 3 is 2.73 bits per heavy atom. The molecule has 0 saturated carbocycles. The van der Waals surface area contributed by atoms with Gasteiger partial charge < -0.3 is 16.4 Å². The van der Waals surface area contributed by atoms with Crippen LogP contribution in [0, 0.1) is 5.92 Å². The van der Waals surface area contributed by atoms with Gasteiger partial charge in [-0.1, -0.05) is 0 Å². The number of hydrogen-bond acceptors (Lipinski definition) is 3. The van der Waals surface area contributed by atoms with Crippen molar-refractivity contribution in [3.05, 3.63) is 0 Å². The number of hydrogen-bond donors (Lipinski definition) is 3. The van der Waals surface area contributed by atoms with E-state index in [-0.39, 0.29) is 17.9 Å². The molecule has 3 atom stereocenters. The summed E-state index contributed by atoms with van der Waals surface area (Å²) in [6, 6.07) is -0.426. The van der Waals surface area contributed by atoms with E-state index in [1.165, 1.54) is 0 Å². The van der Waals surface area contributed by atoms with Crippen molar-refractivity contribution in [3.8, 4) is 0 Å². The van der Waals surface area contributed by atoms with Crippen molar-refractivity contribution in [2.45, 2.75) is 38.8 Å². The average Bonchev–Trinajstić information content (AvgIpc) is 2.18. The summed E-state index contributed by atoms with van der Waals surface area (Å²) in [7, 11) is 0. The summed E-state index contributed by atoms with van der Waals surface area (Å²) in [5.74, 6) is -0.638. The molecule has 1 saturated heterocycles. The Morgan fingerprint density at radius 2 is 2.20 bits per heavy atom. The Morgan fingerprint density at radius 1 is 1.53 bits per heavy atom. The molecule has 2 amide bonds. The van der Waals surface area contributed by atoms with Crippen molar-refractivity contribution in [2.75, 3.05) is 6.54 Å². The van der Waals surface area contributed by atoms with Crippen molar-refractivity contribution in [3.63, 3.8) is 0 Å². The summed E-state index contributed by atoms with van der Waals surface area (Å²) in [4.78, 5) is 22.6. The van der Waals surface area contributed by atoms with Crippen LogP contribution in [0.1, 0.15) is 26.7 Å². The highest BCUT2D eigenvalue weighted by molar-refractivity contribution is 5.87. The van der Waals surface area contributed by atoms with Gasteiger partial charge >= 0.3 is 0 Å². The van der Waals surface area contributed by atoms with E-state index in [0.717, 1.165) is 19.4 Å². The SMILES string of the molecule is C[C@H](NC(=O)[C@@H]1CCCN[C@@H]1C)C(N)=O. The monoisotopic (exact) mass is 213 g/mol. The number of rotatable bonds is 3. The average molecular weight is 213 g/mol. The Balaban J connectivity index is 2.48. The van der Waals surface area contributed by atoms with Crippen LogP contribution < -0.4 is 16.4 Å². The zero-order valence-electron chi connectivity index (χ0n) is 9.25. The van der Waals surface area contributed by atoms with Crippen LogP contribution in [0.3, 0.4) is 0 Å². The van der Waals surface area contributed by atoms with Crippen LogP contribution in [0.4, 0.5) is 0 Å². The van der Waals surface area contributed by atoms with Gasteiger partial charge in [-0.3, -0.25) is 9.59 Å². The van der Waals surface area contributed by atoms with Gasteiger partial charge in [0.1, 0.15) is 6.04 Å². The van der Waals surface area contributed by atoms with E-state index < -0.39 is 11.9 Å². The predicted octanol–water partition coefficient (Wildman–Crippen LogP) is -0.635. The molecule has 0 unspecified atom stereocenters. The largest absolute Gasteiger partial charge is 0.368 e. The quantitative estimate of drug-likeness (QED) is 0.583. The predicted molar refractivity (Wildman–Crippen MR) is 57.0 cm³/mol. The lowest BCUT2D eigenvalue weighted by atomic mass is 9.91. The molecule has 1 fully saturated rings. The van der Waals surface area contributed by atoms with Crippen molar-refractivity contribution < 1.29 is 9.59 Å². The molecule has 5 nitrogen and oxygen atoms in total. The van der Waals surface area contributed by atoms with Gasteiger partial charge in [0.25, 0.3) is 0 Å². The summed E-state index contributed by atoms with van der Waals surface area (Å²) in [6.07, 6.45) is 1.86. The highest BCUT2D eigenvalue weighted by Crippen LogP contribution is 2.16. The van der Waals surface area contributed by atoms with Crippen LogP contribution in [0.15, 0.2) is 0 Å². The normalized spacial score (nSPS) is 28.1. The molecular weight excluding hydrogens is 194 g/mol. The highest BCUT2D eigenvalue weighted by atomic mass is 16.2. The smallest absolute Gasteiger partial charge is 0.239 e. The van der Waals surface area contributed by atoms with E-state index in [0.29, 0.717) is 0 Å². The second kappa shape index (κ2) is 5.11. The topological polar surface area (TPSA) is 84.2 Å². The van der Waals surface area contributed by atoms with Gasteiger partial charge in [0.15, 0.2) is 0 Å². The molecule has 1 rings (SSSR count). The standard InChI is InChI=1S/C10H19N3O2/c1-6-8(4-3-5-12-6)10(15)13-7(2)9(11)14/h6-8,12H,3-5H2,1-2H3,(H2,11,14)(H,13,15)/t6-,7+,8-/m1/s1. The maximum Gasteiger partial charge on any atom is 0.239 e. The molecule has 0 aliphatic carbocycles. The van der Waals surface area contributed by atoms with Gasteiger partial charge in [0, 0.05) is 6.04 Å². The molecule has 0 radical (unpaired) electrons. The van der Waals surface area contributed by atoms with Crippen molar-refractivity contribution in [1.29, 1.82) is 0 Å². The van der Waals surface area contributed by atoms with Crippen LogP contribution in [0.2, 0.25) is 0 Å². The lowest BCUT2D eigenvalue weighted by Gasteiger charge is -2.29. The summed E-state index contributed by atoms with van der Waals surface area (Å²) in [5, 5.41) is 5.86. The zero-order chi connectivity index (χ0) is 11.4. The Hall–Kier alpha value is -1.10. The van der Waals surface area contributed by atoms with E-state index in [1.807, 2.05) is 6.92 Å². The molecule has 0 bridgehead atoms. The van der Waals surface area contributed by atoms with Gasteiger partial charge in [-0.2, -0.15) is 0 Å². The lowest BCUT2D eigenvalue weighted by molar-refractivity contribution is -0.130. The Kier molecular flexibility index (Phi) is 4.08. The third-order valence-corrected chi connectivity index (χ3v) is 2.88. The molecule has 0 spiro atoms. The maximum absolute atomic E-state index is 11.8. The molecule has 15 heavy (non-hydrogen) atoms. The van der Waals surface area contributed by atoms with E-state index in [9.17, 15) is 9.59 Å². The Bertz CT molecular complexity index is 255. The minimum absolute atomic E-state index is 0.0550. The van der Waals surface area contributed by atoms with Gasteiger partial charge in [0.05, 0.1) is 5.92 Å². The molecule has 0 aromatic heterocycles. The van der Waals surface area contributed by atoms with Gasteiger partial charge in [-0.15, -0.1) is 0 Å². The molecule has 5 heteroatoms. The first kappa shape index (κ1) is 12.0. The molecule has 1 aliphatic rings. The molecule has 1 heterocycles. The number of nitrogens with one attached hydrogen (secondary N) is 2. The second-order valence-electron chi connectivity index (χ2n) is 4.12. The van der Waals surface area contributed by atoms with E-state index >= 15 is 0 Å². The van der Waals surface area contributed by atoms with Crippen LogP contribution in [0.5, 0.6) is 0 Å². The first-order chi connectivity index (χ1) is 7.02. The minimum Gasteiger partial charge on any atom is -0.368 e. The van der Waals surface area contributed by atoms with Crippen LogP contribution in [-0.2, 0) is 9.59 Å². The van der Waals surface area contributed by atoms with Gasteiger partial charge in [0.2, 0.25) is 11.8 Å². The van der Waals surface area contributed by atoms with E-state index in [1.54, 1.807) is 6.92 Å². The number of carbonyl (C=O) groups is 2. The van der Waals surface area contributed by atoms with Crippen molar-refractivity contribution in [1.82, 2.24) is 10.6 Å².